The van der Waals surface area contributed by atoms with E-state index < -0.39 is 0 Å². The van der Waals surface area contributed by atoms with Crippen LogP contribution >= 0.6 is 11.3 Å². The maximum atomic E-state index is 11.7. The van der Waals surface area contributed by atoms with Crippen molar-refractivity contribution in [2.75, 3.05) is 50.8 Å². The standard InChI is InChI=1S/C23H27N3O3S/c1-2-28-22(27)18-8-10-19(11-9-18)29-17-5-12-25-13-15-26(16-14-25)23-24-20-6-3-4-7-21(20)30-23/h3-4,6-11H,2,5,12-17H2,1H3. The molecule has 30 heavy (non-hydrogen) atoms. The molecule has 1 aliphatic rings. The summed E-state index contributed by atoms with van der Waals surface area (Å²) in [6.45, 7) is 7.98. The van der Waals surface area contributed by atoms with Gasteiger partial charge in [-0.25, -0.2) is 9.78 Å². The number of piperazine rings is 1. The second-order valence-corrected chi connectivity index (χ2v) is 8.25. The van der Waals surface area contributed by atoms with Crippen LogP contribution in [0.5, 0.6) is 5.75 Å². The van der Waals surface area contributed by atoms with Crippen LogP contribution < -0.4 is 9.64 Å². The van der Waals surface area contributed by atoms with Gasteiger partial charge in [0.05, 0.1) is 29.0 Å². The Labute approximate surface area is 181 Å². The van der Waals surface area contributed by atoms with Crippen molar-refractivity contribution in [1.29, 1.82) is 0 Å². The van der Waals surface area contributed by atoms with E-state index in [0.717, 1.165) is 55.5 Å². The number of carbonyl (C=O) groups excluding carboxylic acids is 1. The van der Waals surface area contributed by atoms with E-state index in [1.165, 1.54) is 4.70 Å². The average molecular weight is 426 g/mol. The molecule has 0 amide bonds. The first-order valence-corrected chi connectivity index (χ1v) is 11.3. The third-order valence-corrected chi connectivity index (χ3v) is 6.28. The number of nitrogens with zero attached hydrogens (tertiary/aromatic N) is 3. The van der Waals surface area contributed by atoms with Crippen LogP contribution in [0.1, 0.15) is 23.7 Å². The summed E-state index contributed by atoms with van der Waals surface area (Å²) in [4.78, 5) is 21.3. The lowest BCUT2D eigenvalue weighted by molar-refractivity contribution is 0.0526. The molecule has 0 unspecified atom stereocenters. The largest absolute Gasteiger partial charge is 0.494 e. The molecule has 0 spiro atoms. The zero-order valence-electron chi connectivity index (χ0n) is 17.3. The Hall–Kier alpha value is -2.64. The second kappa shape index (κ2) is 9.91. The molecule has 0 bridgehead atoms. The highest BCUT2D eigenvalue weighted by molar-refractivity contribution is 7.22. The predicted molar refractivity (Wildman–Crippen MR) is 121 cm³/mol. The quantitative estimate of drug-likeness (QED) is 0.401. The van der Waals surface area contributed by atoms with Crippen molar-refractivity contribution in [3.05, 3.63) is 54.1 Å². The Morgan fingerprint density at radius 3 is 2.57 bits per heavy atom. The Morgan fingerprint density at radius 1 is 1.07 bits per heavy atom. The number of benzene rings is 2. The minimum atomic E-state index is -0.297. The van der Waals surface area contributed by atoms with Gasteiger partial charge in [-0.05, 0) is 49.7 Å². The smallest absolute Gasteiger partial charge is 0.338 e. The Kier molecular flexibility index (Phi) is 6.81. The van der Waals surface area contributed by atoms with E-state index in [1.54, 1.807) is 30.4 Å². The van der Waals surface area contributed by atoms with Crippen LogP contribution in [-0.4, -0.2) is 61.8 Å². The average Bonchev–Trinajstić information content (AvgIpc) is 3.22. The monoisotopic (exact) mass is 425 g/mol. The molecule has 0 N–H and O–H groups in total. The minimum Gasteiger partial charge on any atom is -0.494 e. The van der Waals surface area contributed by atoms with Crippen LogP contribution in [0.15, 0.2) is 48.5 Å². The molecule has 158 valence electrons. The Balaban J connectivity index is 1.17. The molecule has 0 aliphatic carbocycles. The Morgan fingerprint density at radius 2 is 1.83 bits per heavy atom. The summed E-state index contributed by atoms with van der Waals surface area (Å²) in [5.74, 6) is 0.484. The number of esters is 1. The van der Waals surface area contributed by atoms with E-state index in [-0.39, 0.29) is 5.97 Å². The number of anilines is 1. The van der Waals surface area contributed by atoms with Crippen LogP contribution in [0, 0.1) is 0 Å². The third kappa shape index (κ3) is 5.09. The number of para-hydroxylation sites is 1. The summed E-state index contributed by atoms with van der Waals surface area (Å²) in [6, 6.07) is 15.5. The lowest BCUT2D eigenvalue weighted by atomic mass is 10.2. The zero-order chi connectivity index (χ0) is 20.8. The van der Waals surface area contributed by atoms with E-state index in [9.17, 15) is 4.79 Å². The van der Waals surface area contributed by atoms with Gasteiger partial charge in [0.1, 0.15) is 5.75 Å². The van der Waals surface area contributed by atoms with Crippen LogP contribution in [0.2, 0.25) is 0 Å². The third-order valence-electron chi connectivity index (χ3n) is 5.18. The molecule has 1 saturated heterocycles. The van der Waals surface area contributed by atoms with Crippen molar-refractivity contribution >= 4 is 32.7 Å². The summed E-state index contributed by atoms with van der Waals surface area (Å²) >= 11 is 1.78. The fourth-order valence-electron chi connectivity index (χ4n) is 3.54. The lowest BCUT2D eigenvalue weighted by Crippen LogP contribution is -2.46. The van der Waals surface area contributed by atoms with Crippen molar-refractivity contribution in [2.24, 2.45) is 0 Å². The molecule has 1 fully saturated rings. The minimum absolute atomic E-state index is 0.297. The van der Waals surface area contributed by atoms with Crippen molar-refractivity contribution < 1.29 is 14.3 Å². The molecular formula is C23H27N3O3S. The van der Waals surface area contributed by atoms with Gasteiger partial charge in [0.15, 0.2) is 5.13 Å². The van der Waals surface area contributed by atoms with Gasteiger partial charge < -0.3 is 14.4 Å². The fourth-order valence-corrected chi connectivity index (χ4v) is 4.56. The first-order valence-electron chi connectivity index (χ1n) is 10.5. The number of hydrogen-bond acceptors (Lipinski definition) is 7. The molecule has 0 saturated carbocycles. The molecule has 0 atom stereocenters. The molecule has 1 aromatic heterocycles. The van der Waals surface area contributed by atoms with Crippen molar-refractivity contribution in [3.8, 4) is 5.75 Å². The Bertz CT molecular complexity index is 932. The van der Waals surface area contributed by atoms with Crippen LogP contribution in [-0.2, 0) is 4.74 Å². The number of aromatic nitrogens is 1. The van der Waals surface area contributed by atoms with Gasteiger partial charge in [0.25, 0.3) is 0 Å². The molecule has 1 aliphatic heterocycles. The van der Waals surface area contributed by atoms with Crippen molar-refractivity contribution in [3.63, 3.8) is 0 Å². The molecule has 4 rings (SSSR count). The first kappa shape index (κ1) is 20.6. The van der Waals surface area contributed by atoms with Gasteiger partial charge in [-0.15, -0.1) is 0 Å². The topological polar surface area (TPSA) is 54.9 Å². The van der Waals surface area contributed by atoms with E-state index in [0.29, 0.717) is 18.8 Å². The number of carbonyl (C=O) groups is 1. The van der Waals surface area contributed by atoms with Crippen molar-refractivity contribution in [1.82, 2.24) is 9.88 Å². The summed E-state index contributed by atoms with van der Waals surface area (Å²) < 4.78 is 12.1. The van der Waals surface area contributed by atoms with Gasteiger partial charge in [-0.1, -0.05) is 23.5 Å². The highest BCUT2D eigenvalue weighted by atomic mass is 32.1. The summed E-state index contributed by atoms with van der Waals surface area (Å²) in [7, 11) is 0. The molecule has 2 aromatic carbocycles. The van der Waals surface area contributed by atoms with Crippen LogP contribution in [0.4, 0.5) is 5.13 Å². The highest BCUT2D eigenvalue weighted by Crippen LogP contribution is 2.29. The number of fused-ring (bicyclic) bond motifs is 1. The molecule has 0 radical (unpaired) electrons. The van der Waals surface area contributed by atoms with E-state index in [4.69, 9.17) is 14.5 Å². The predicted octanol–water partition coefficient (Wildman–Crippen LogP) is 4.06. The highest BCUT2D eigenvalue weighted by Gasteiger charge is 2.19. The fraction of sp³-hybridized carbons (Fsp3) is 0.391. The van der Waals surface area contributed by atoms with Crippen LogP contribution in [0.25, 0.3) is 10.2 Å². The number of rotatable bonds is 8. The lowest BCUT2D eigenvalue weighted by Gasteiger charge is -2.34. The van der Waals surface area contributed by atoms with Gasteiger partial charge in [0.2, 0.25) is 0 Å². The maximum Gasteiger partial charge on any atom is 0.338 e. The van der Waals surface area contributed by atoms with E-state index in [1.807, 2.05) is 18.2 Å². The van der Waals surface area contributed by atoms with Gasteiger partial charge in [-0.2, -0.15) is 0 Å². The summed E-state index contributed by atoms with van der Waals surface area (Å²) in [5, 5.41) is 1.13. The van der Waals surface area contributed by atoms with E-state index >= 15 is 0 Å². The molecule has 6 nitrogen and oxygen atoms in total. The maximum absolute atomic E-state index is 11.7. The van der Waals surface area contributed by atoms with Gasteiger partial charge in [-0.3, -0.25) is 4.90 Å². The van der Waals surface area contributed by atoms with Crippen molar-refractivity contribution in [2.45, 2.75) is 13.3 Å². The summed E-state index contributed by atoms with van der Waals surface area (Å²) in [5.41, 5.74) is 1.64. The number of ether oxygens (including phenoxy) is 2. The van der Waals surface area contributed by atoms with E-state index in [2.05, 4.69) is 28.0 Å². The number of thiazole rings is 1. The zero-order valence-corrected chi connectivity index (χ0v) is 18.1. The second-order valence-electron chi connectivity index (χ2n) is 7.24. The molecular weight excluding hydrogens is 398 g/mol. The molecule has 2 heterocycles. The molecule has 7 heteroatoms. The first-order chi connectivity index (χ1) is 14.7. The number of hydrogen-bond donors (Lipinski definition) is 0. The molecule has 3 aromatic rings. The summed E-state index contributed by atoms with van der Waals surface area (Å²) in [6.07, 6.45) is 0.973. The normalized spacial score (nSPS) is 14.8. The van der Waals surface area contributed by atoms with Crippen LogP contribution in [0.3, 0.4) is 0 Å². The SMILES string of the molecule is CCOC(=O)c1ccc(OCCCN2CCN(c3nc4ccccc4s3)CC2)cc1. The van der Waals surface area contributed by atoms with Gasteiger partial charge in [0, 0.05) is 32.7 Å². The van der Waals surface area contributed by atoms with Gasteiger partial charge >= 0.3 is 5.97 Å².